The minimum Gasteiger partial charge on any atom is -0.481 e. The van der Waals surface area contributed by atoms with Gasteiger partial charge in [0.25, 0.3) is 0 Å². The third-order valence-electron chi connectivity index (χ3n) is 7.68. The molecule has 0 aliphatic carbocycles. The molecule has 2 aromatic heterocycles. The van der Waals surface area contributed by atoms with Crippen molar-refractivity contribution in [1.82, 2.24) is 9.97 Å². The van der Waals surface area contributed by atoms with Crippen molar-refractivity contribution in [3.63, 3.8) is 0 Å². The van der Waals surface area contributed by atoms with E-state index >= 15 is 4.39 Å². The van der Waals surface area contributed by atoms with Crippen LogP contribution in [0.5, 0.6) is 5.75 Å². The lowest BCUT2D eigenvalue weighted by Gasteiger charge is -2.27. The topological polar surface area (TPSA) is 122 Å². The van der Waals surface area contributed by atoms with Crippen LogP contribution in [-0.2, 0) is 25.5 Å². The van der Waals surface area contributed by atoms with Gasteiger partial charge in [-0.25, -0.2) is 14.4 Å². The van der Waals surface area contributed by atoms with Gasteiger partial charge in [0.05, 0.1) is 12.8 Å². The zero-order chi connectivity index (χ0) is 30.0. The largest absolute Gasteiger partial charge is 0.481 e. The fourth-order valence-electron chi connectivity index (χ4n) is 5.44. The molecule has 1 saturated heterocycles. The first-order chi connectivity index (χ1) is 20.2. The van der Waals surface area contributed by atoms with Gasteiger partial charge in [0.1, 0.15) is 17.3 Å². The Kier molecular flexibility index (Phi) is 8.78. The molecule has 4 heterocycles. The molecule has 1 aromatic carbocycles. The number of carboxylic acids is 1. The summed E-state index contributed by atoms with van der Waals surface area (Å²) in [5.41, 5.74) is 2.03. The number of carboxylic acid groups (broad SMARTS) is 1. The molecule has 0 radical (unpaired) electrons. The highest BCUT2D eigenvalue weighted by atomic mass is 32.1. The molecule has 0 spiro atoms. The number of pyridine rings is 1. The van der Waals surface area contributed by atoms with E-state index < -0.39 is 29.8 Å². The van der Waals surface area contributed by atoms with Crippen LogP contribution in [-0.4, -0.2) is 67.0 Å². The molecule has 222 valence electrons. The van der Waals surface area contributed by atoms with Crippen LogP contribution in [0.3, 0.4) is 0 Å². The number of carbonyl (C=O) groups is 3. The maximum absolute atomic E-state index is 15.6. The van der Waals surface area contributed by atoms with Crippen LogP contribution >= 0.6 is 11.3 Å². The van der Waals surface area contributed by atoms with Gasteiger partial charge in [-0.3, -0.25) is 24.2 Å². The molecule has 10 nitrogen and oxygen atoms in total. The summed E-state index contributed by atoms with van der Waals surface area (Å²) in [6.07, 6.45) is 3.26. The van der Waals surface area contributed by atoms with E-state index in [2.05, 4.69) is 9.97 Å². The highest BCUT2D eigenvalue weighted by Crippen LogP contribution is 2.41. The van der Waals surface area contributed by atoms with E-state index in [-0.39, 0.29) is 46.8 Å². The van der Waals surface area contributed by atoms with E-state index in [0.29, 0.717) is 53.5 Å². The van der Waals surface area contributed by atoms with Crippen molar-refractivity contribution in [2.45, 2.75) is 32.1 Å². The molecular formula is C29H30F2N4O6S. The van der Waals surface area contributed by atoms with Gasteiger partial charge in [0.2, 0.25) is 23.8 Å². The van der Waals surface area contributed by atoms with Gasteiger partial charge in [-0.2, -0.15) is 4.39 Å². The van der Waals surface area contributed by atoms with Gasteiger partial charge in [0, 0.05) is 56.1 Å². The molecular weight excluding hydrogens is 570 g/mol. The lowest BCUT2D eigenvalue weighted by molar-refractivity contribution is -0.141. The lowest BCUT2D eigenvalue weighted by Crippen LogP contribution is -2.35. The maximum Gasteiger partial charge on any atom is 0.304 e. The normalized spacial score (nSPS) is 15.9. The monoisotopic (exact) mass is 600 g/mol. The number of halogens is 2. The quantitative estimate of drug-likeness (QED) is 0.355. The number of rotatable bonds is 10. The van der Waals surface area contributed by atoms with E-state index in [1.807, 2.05) is 0 Å². The SMILES string of the molecule is CN(C(=O)C(CC(=O)O)CC1CCOCC1)c1nc(-c2cc(OCF)ccc2-c2cnc3c(c2)CC(=O)N3C)c(F)s1. The molecule has 1 N–H and O–H groups in total. The maximum atomic E-state index is 15.6. The van der Waals surface area contributed by atoms with Crippen molar-refractivity contribution < 1.29 is 37.7 Å². The number of amides is 2. The van der Waals surface area contributed by atoms with Crippen molar-refractivity contribution in [3.05, 3.63) is 41.2 Å². The molecule has 1 atom stereocenters. The average Bonchev–Trinajstić information content (AvgIpc) is 3.50. The second-order valence-corrected chi connectivity index (χ2v) is 11.3. The molecule has 2 aliphatic heterocycles. The summed E-state index contributed by atoms with van der Waals surface area (Å²) in [4.78, 5) is 48.8. The number of alkyl halides is 1. The first kappa shape index (κ1) is 29.5. The van der Waals surface area contributed by atoms with Crippen LogP contribution in [0.1, 0.15) is 31.2 Å². The minimum absolute atomic E-state index is 0.0527. The number of aromatic nitrogens is 2. The Hall–Kier alpha value is -3.97. The standard InChI is InChI=1S/C29H30F2N4O6S/c1-34-23(36)11-17-10-19(14-32-27(17)34)21-4-3-20(41-15-30)13-22(21)25-26(31)42-29(33-25)35(2)28(39)18(12-24(37)38)9-16-5-7-40-8-6-16/h3-4,10,13-14,16,18H,5-9,11-12,15H2,1-2H3,(H,37,38). The van der Waals surface area contributed by atoms with Crippen LogP contribution in [0.25, 0.3) is 22.4 Å². The van der Waals surface area contributed by atoms with E-state index in [1.165, 1.54) is 29.0 Å². The third kappa shape index (κ3) is 6.12. The Bertz CT molecular complexity index is 1510. The number of hydrogen-bond acceptors (Lipinski definition) is 8. The lowest BCUT2D eigenvalue weighted by atomic mass is 9.86. The van der Waals surface area contributed by atoms with Crippen molar-refractivity contribution in [1.29, 1.82) is 0 Å². The second-order valence-electron chi connectivity index (χ2n) is 10.4. The first-order valence-corrected chi connectivity index (χ1v) is 14.3. The number of benzene rings is 1. The van der Waals surface area contributed by atoms with Crippen molar-refractivity contribution in [3.8, 4) is 28.1 Å². The summed E-state index contributed by atoms with van der Waals surface area (Å²) in [6, 6.07) is 6.43. The number of hydrogen-bond donors (Lipinski definition) is 1. The van der Waals surface area contributed by atoms with E-state index in [4.69, 9.17) is 9.47 Å². The van der Waals surface area contributed by atoms with Crippen LogP contribution in [0, 0.1) is 17.0 Å². The molecule has 1 unspecified atom stereocenters. The van der Waals surface area contributed by atoms with Gasteiger partial charge in [-0.1, -0.05) is 11.3 Å². The van der Waals surface area contributed by atoms with Crippen molar-refractivity contribution in [2.75, 3.05) is 44.0 Å². The van der Waals surface area contributed by atoms with Crippen molar-refractivity contribution >= 4 is 40.1 Å². The summed E-state index contributed by atoms with van der Waals surface area (Å²) in [6.45, 7) is 0.0410. The highest BCUT2D eigenvalue weighted by Gasteiger charge is 2.32. The van der Waals surface area contributed by atoms with Crippen LogP contribution in [0.15, 0.2) is 30.5 Å². The van der Waals surface area contributed by atoms with Gasteiger partial charge in [-0.15, -0.1) is 0 Å². The molecule has 42 heavy (non-hydrogen) atoms. The number of thiazole rings is 1. The molecule has 5 rings (SSSR count). The molecule has 3 aromatic rings. The smallest absolute Gasteiger partial charge is 0.304 e. The fraction of sp³-hybridized carbons (Fsp3) is 0.414. The number of nitrogens with zero attached hydrogens (tertiary/aromatic N) is 4. The molecule has 1 fully saturated rings. The highest BCUT2D eigenvalue weighted by molar-refractivity contribution is 7.14. The summed E-state index contributed by atoms with van der Waals surface area (Å²) in [5, 5.41) is 8.84. The molecule has 0 saturated carbocycles. The number of carbonyl (C=O) groups excluding carboxylic acids is 2. The summed E-state index contributed by atoms with van der Waals surface area (Å²) in [5.74, 6) is -1.61. The Morgan fingerprint density at radius 3 is 2.74 bits per heavy atom. The number of likely N-dealkylation sites (N-methyl/N-ethyl adjacent to an activating group) is 1. The Morgan fingerprint density at radius 2 is 2.02 bits per heavy atom. The average molecular weight is 601 g/mol. The molecule has 13 heteroatoms. The van der Waals surface area contributed by atoms with Crippen LogP contribution < -0.4 is 14.5 Å². The Labute approximate surface area is 244 Å². The molecule has 2 aliphatic rings. The van der Waals surface area contributed by atoms with Crippen LogP contribution in [0.2, 0.25) is 0 Å². The van der Waals surface area contributed by atoms with Gasteiger partial charge < -0.3 is 14.6 Å². The summed E-state index contributed by atoms with van der Waals surface area (Å²) < 4.78 is 39.0. The zero-order valence-corrected chi connectivity index (χ0v) is 24.0. The number of aliphatic carboxylic acids is 1. The van der Waals surface area contributed by atoms with Gasteiger partial charge in [-0.05, 0) is 55.0 Å². The van der Waals surface area contributed by atoms with Crippen LogP contribution in [0.4, 0.5) is 19.7 Å². The predicted octanol–water partition coefficient (Wildman–Crippen LogP) is 4.71. The van der Waals surface area contributed by atoms with Gasteiger partial charge in [0.15, 0.2) is 5.13 Å². The number of ether oxygens (including phenoxy) is 2. The fourth-order valence-corrected chi connectivity index (χ4v) is 6.22. The minimum atomic E-state index is -1.09. The zero-order valence-electron chi connectivity index (χ0n) is 23.1. The summed E-state index contributed by atoms with van der Waals surface area (Å²) >= 11 is 0.650. The number of anilines is 2. The van der Waals surface area contributed by atoms with E-state index in [0.717, 1.165) is 12.8 Å². The second kappa shape index (κ2) is 12.5. The predicted molar refractivity (Wildman–Crippen MR) is 152 cm³/mol. The molecule has 0 bridgehead atoms. The third-order valence-corrected chi connectivity index (χ3v) is 8.60. The number of fused-ring (bicyclic) bond motifs is 1. The van der Waals surface area contributed by atoms with E-state index in [9.17, 15) is 23.9 Å². The van der Waals surface area contributed by atoms with E-state index in [1.54, 1.807) is 25.4 Å². The summed E-state index contributed by atoms with van der Waals surface area (Å²) in [7, 11) is 3.09. The van der Waals surface area contributed by atoms with Gasteiger partial charge >= 0.3 is 5.97 Å². The molecule has 2 amide bonds. The first-order valence-electron chi connectivity index (χ1n) is 13.5. The Morgan fingerprint density at radius 1 is 1.26 bits per heavy atom. The Balaban J connectivity index is 1.48. The van der Waals surface area contributed by atoms with Crippen molar-refractivity contribution in [2.24, 2.45) is 11.8 Å².